The van der Waals surface area contributed by atoms with E-state index in [2.05, 4.69) is 12.2 Å². The quantitative estimate of drug-likeness (QED) is 0.808. The van der Waals surface area contributed by atoms with Gasteiger partial charge in [-0.25, -0.2) is 4.39 Å². The predicted octanol–water partition coefficient (Wildman–Crippen LogP) is 3.46. The Morgan fingerprint density at radius 2 is 2.00 bits per heavy atom. The summed E-state index contributed by atoms with van der Waals surface area (Å²) in [7, 11) is 0. The number of benzene rings is 1. The van der Waals surface area contributed by atoms with E-state index in [1.807, 2.05) is 17.0 Å². The monoisotopic (exact) mass is 320 g/mol. The first kappa shape index (κ1) is 16.7. The second-order valence-electron chi connectivity index (χ2n) is 7.12. The number of halogens is 1. The number of hydrogen-bond acceptors (Lipinski definition) is 3. The van der Waals surface area contributed by atoms with Gasteiger partial charge in [0.2, 0.25) is 0 Å². The fourth-order valence-corrected chi connectivity index (χ4v) is 3.59. The first-order valence-electron chi connectivity index (χ1n) is 9.12. The SMILES string of the molecule is CCCC(NCc1ccc(N2CCC(O)CC2)c(F)c1)C1CC1. The molecule has 1 saturated carbocycles. The maximum atomic E-state index is 14.4. The van der Waals surface area contributed by atoms with E-state index in [1.165, 1.54) is 25.7 Å². The molecule has 0 spiro atoms. The number of nitrogens with one attached hydrogen (secondary N) is 1. The van der Waals surface area contributed by atoms with Crippen LogP contribution in [-0.2, 0) is 6.54 Å². The number of nitrogens with zero attached hydrogens (tertiary/aromatic N) is 1. The predicted molar refractivity (Wildman–Crippen MR) is 92.1 cm³/mol. The normalized spacial score (nSPS) is 20.7. The first-order chi connectivity index (χ1) is 11.2. The van der Waals surface area contributed by atoms with Crippen LogP contribution in [0.2, 0.25) is 0 Å². The number of aliphatic hydroxyl groups excluding tert-OH is 1. The molecule has 2 N–H and O–H groups in total. The standard InChI is InChI=1S/C19H29FN2O/c1-2-3-18(15-5-6-15)21-13-14-4-7-19(17(20)12-14)22-10-8-16(23)9-11-22/h4,7,12,15-16,18,21,23H,2-3,5-6,8-11,13H2,1H3. The molecule has 1 aliphatic carbocycles. The highest BCUT2D eigenvalue weighted by Gasteiger charge is 2.30. The summed E-state index contributed by atoms with van der Waals surface area (Å²) in [6.45, 7) is 4.43. The molecule has 128 valence electrons. The van der Waals surface area contributed by atoms with Gasteiger partial charge >= 0.3 is 0 Å². The lowest BCUT2D eigenvalue weighted by Gasteiger charge is -2.31. The van der Waals surface area contributed by atoms with Crippen molar-refractivity contribution in [1.29, 1.82) is 0 Å². The zero-order valence-corrected chi connectivity index (χ0v) is 14.1. The molecule has 1 atom stereocenters. The number of hydrogen-bond donors (Lipinski definition) is 2. The van der Waals surface area contributed by atoms with Crippen LogP contribution < -0.4 is 10.2 Å². The van der Waals surface area contributed by atoms with Crippen LogP contribution in [-0.4, -0.2) is 30.3 Å². The molecule has 0 aromatic heterocycles. The van der Waals surface area contributed by atoms with Crippen LogP contribution in [0, 0.1) is 11.7 Å². The van der Waals surface area contributed by atoms with Crippen LogP contribution in [0.1, 0.15) is 51.0 Å². The molecule has 1 aromatic rings. The first-order valence-corrected chi connectivity index (χ1v) is 9.12. The Hall–Kier alpha value is -1.13. The minimum absolute atomic E-state index is 0.140. The second kappa shape index (κ2) is 7.63. The van der Waals surface area contributed by atoms with Crippen molar-refractivity contribution < 1.29 is 9.50 Å². The van der Waals surface area contributed by atoms with E-state index >= 15 is 0 Å². The van der Waals surface area contributed by atoms with Gasteiger partial charge in [0.15, 0.2) is 0 Å². The smallest absolute Gasteiger partial charge is 0.146 e. The average molecular weight is 320 g/mol. The molecule has 1 aromatic carbocycles. The maximum Gasteiger partial charge on any atom is 0.146 e. The van der Waals surface area contributed by atoms with Crippen molar-refractivity contribution in [2.24, 2.45) is 5.92 Å². The van der Waals surface area contributed by atoms with Gasteiger partial charge in [-0.1, -0.05) is 19.4 Å². The van der Waals surface area contributed by atoms with Gasteiger partial charge in [0, 0.05) is 25.7 Å². The fourth-order valence-electron chi connectivity index (χ4n) is 3.59. The molecule has 2 aliphatic rings. The van der Waals surface area contributed by atoms with E-state index in [1.54, 1.807) is 6.07 Å². The van der Waals surface area contributed by atoms with Gasteiger partial charge in [-0.05, 0) is 55.7 Å². The van der Waals surface area contributed by atoms with Crippen molar-refractivity contribution in [3.63, 3.8) is 0 Å². The van der Waals surface area contributed by atoms with Gasteiger partial charge in [-0.2, -0.15) is 0 Å². The zero-order chi connectivity index (χ0) is 16.2. The van der Waals surface area contributed by atoms with E-state index < -0.39 is 0 Å². The van der Waals surface area contributed by atoms with Crippen LogP contribution in [0.4, 0.5) is 10.1 Å². The molecule has 3 rings (SSSR count). The Bertz CT molecular complexity index is 510. The highest BCUT2D eigenvalue weighted by Crippen LogP contribution is 2.34. The number of anilines is 1. The fraction of sp³-hybridized carbons (Fsp3) is 0.684. The highest BCUT2D eigenvalue weighted by atomic mass is 19.1. The lowest BCUT2D eigenvalue weighted by molar-refractivity contribution is 0.145. The van der Waals surface area contributed by atoms with Gasteiger partial charge in [-0.15, -0.1) is 0 Å². The molecule has 0 bridgehead atoms. The molecule has 1 aliphatic heterocycles. The van der Waals surface area contributed by atoms with Gasteiger partial charge in [0.05, 0.1) is 11.8 Å². The van der Waals surface area contributed by atoms with Gasteiger partial charge in [0.25, 0.3) is 0 Å². The third kappa shape index (κ3) is 4.45. The molecule has 0 amide bonds. The Morgan fingerprint density at radius 1 is 1.26 bits per heavy atom. The van der Waals surface area contributed by atoms with Crippen LogP contribution in [0.5, 0.6) is 0 Å². The molecule has 1 unspecified atom stereocenters. The highest BCUT2D eigenvalue weighted by molar-refractivity contribution is 5.49. The Balaban J connectivity index is 1.58. The number of piperidine rings is 1. The minimum atomic E-state index is -0.226. The van der Waals surface area contributed by atoms with Crippen molar-refractivity contribution in [3.05, 3.63) is 29.6 Å². The molecule has 23 heavy (non-hydrogen) atoms. The maximum absolute atomic E-state index is 14.4. The summed E-state index contributed by atoms with van der Waals surface area (Å²) in [5, 5.41) is 13.2. The number of rotatable bonds is 7. The molecule has 1 heterocycles. The van der Waals surface area contributed by atoms with Gasteiger partial charge in [-0.3, -0.25) is 0 Å². The van der Waals surface area contributed by atoms with Crippen molar-refractivity contribution in [3.8, 4) is 0 Å². The molecular weight excluding hydrogens is 291 g/mol. The number of aliphatic hydroxyl groups is 1. The van der Waals surface area contributed by atoms with E-state index in [9.17, 15) is 9.50 Å². The van der Waals surface area contributed by atoms with Gasteiger partial charge in [0.1, 0.15) is 5.82 Å². The van der Waals surface area contributed by atoms with Crippen LogP contribution in [0.25, 0.3) is 0 Å². The largest absolute Gasteiger partial charge is 0.393 e. The third-order valence-electron chi connectivity index (χ3n) is 5.18. The van der Waals surface area contributed by atoms with E-state index in [0.717, 1.165) is 44.0 Å². The van der Waals surface area contributed by atoms with E-state index in [0.29, 0.717) is 11.7 Å². The molecular formula is C19H29FN2O. The topological polar surface area (TPSA) is 35.5 Å². The second-order valence-corrected chi connectivity index (χ2v) is 7.12. The van der Waals surface area contributed by atoms with Crippen molar-refractivity contribution in [2.45, 2.75) is 64.1 Å². The molecule has 0 radical (unpaired) electrons. The Labute approximate surface area is 138 Å². The lowest BCUT2D eigenvalue weighted by atomic mass is 10.1. The summed E-state index contributed by atoms with van der Waals surface area (Å²) in [6.07, 6.45) is 6.31. The summed E-state index contributed by atoms with van der Waals surface area (Å²) in [6, 6.07) is 6.19. The van der Waals surface area contributed by atoms with Gasteiger partial charge < -0.3 is 15.3 Å². The van der Waals surface area contributed by atoms with Crippen LogP contribution in [0.15, 0.2) is 18.2 Å². The molecule has 3 nitrogen and oxygen atoms in total. The zero-order valence-electron chi connectivity index (χ0n) is 14.1. The summed E-state index contributed by atoms with van der Waals surface area (Å²) in [4.78, 5) is 2.04. The molecule has 2 fully saturated rings. The Morgan fingerprint density at radius 3 is 2.61 bits per heavy atom. The summed E-state index contributed by atoms with van der Waals surface area (Å²) in [5.74, 6) is 0.693. The summed E-state index contributed by atoms with van der Waals surface area (Å²) in [5.41, 5.74) is 1.69. The van der Waals surface area contributed by atoms with Crippen molar-refractivity contribution >= 4 is 5.69 Å². The van der Waals surface area contributed by atoms with E-state index in [-0.39, 0.29) is 11.9 Å². The van der Waals surface area contributed by atoms with Crippen molar-refractivity contribution in [2.75, 3.05) is 18.0 Å². The molecule has 4 heteroatoms. The summed E-state index contributed by atoms with van der Waals surface area (Å²) < 4.78 is 14.4. The lowest BCUT2D eigenvalue weighted by Crippen LogP contribution is -2.36. The van der Waals surface area contributed by atoms with Crippen LogP contribution >= 0.6 is 0 Å². The molecule has 1 saturated heterocycles. The summed E-state index contributed by atoms with van der Waals surface area (Å²) >= 11 is 0. The third-order valence-corrected chi connectivity index (χ3v) is 5.18. The average Bonchev–Trinajstić information content (AvgIpc) is 3.37. The minimum Gasteiger partial charge on any atom is -0.393 e. The van der Waals surface area contributed by atoms with E-state index in [4.69, 9.17) is 0 Å². The van der Waals surface area contributed by atoms with Crippen LogP contribution in [0.3, 0.4) is 0 Å². The van der Waals surface area contributed by atoms with Crippen molar-refractivity contribution in [1.82, 2.24) is 5.32 Å². The Kier molecular flexibility index (Phi) is 5.54.